The van der Waals surface area contributed by atoms with E-state index in [0.717, 1.165) is 16.5 Å². The van der Waals surface area contributed by atoms with E-state index in [-0.39, 0.29) is 12.4 Å². The zero-order chi connectivity index (χ0) is 15.1. The van der Waals surface area contributed by atoms with Gasteiger partial charge in [-0.1, -0.05) is 45.7 Å². The SMILES string of the molecule is O=C(COCCc1cccc(Br)c1)Cc1ccc(Cl)nc1. The van der Waals surface area contributed by atoms with Gasteiger partial charge in [-0.05, 0) is 35.7 Å². The number of hydrogen-bond acceptors (Lipinski definition) is 3. The molecule has 0 bridgehead atoms. The van der Waals surface area contributed by atoms with Crippen LogP contribution in [0.25, 0.3) is 0 Å². The van der Waals surface area contributed by atoms with Gasteiger partial charge in [0.05, 0.1) is 6.61 Å². The van der Waals surface area contributed by atoms with E-state index >= 15 is 0 Å². The molecule has 110 valence electrons. The Labute approximate surface area is 137 Å². The van der Waals surface area contributed by atoms with Crippen LogP contribution in [0.3, 0.4) is 0 Å². The third-order valence-electron chi connectivity index (χ3n) is 2.88. The topological polar surface area (TPSA) is 39.2 Å². The second-order valence-electron chi connectivity index (χ2n) is 4.64. The second kappa shape index (κ2) is 8.27. The molecule has 0 aliphatic carbocycles. The third-order valence-corrected chi connectivity index (χ3v) is 3.59. The largest absolute Gasteiger partial charge is 0.373 e. The van der Waals surface area contributed by atoms with E-state index in [4.69, 9.17) is 16.3 Å². The molecule has 0 aliphatic rings. The minimum Gasteiger partial charge on any atom is -0.373 e. The number of pyridine rings is 1. The van der Waals surface area contributed by atoms with Crippen LogP contribution in [0.15, 0.2) is 47.1 Å². The van der Waals surface area contributed by atoms with Crippen LogP contribution in [-0.2, 0) is 22.4 Å². The van der Waals surface area contributed by atoms with Crippen LogP contribution in [0.4, 0.5) is 0 Å². The molecule has 0 radical (unpaired) electrons. The zero-order valence-corrected chi connectivity index (χ0v) is 13.7. The Balaban J connectivity index is 1.68. The lowest BCUT2D eigenvalue weighted by Crippen LogP contribution is -2.13. The maximum atomic E-state index is 11.8. The molecule has 2 aromatic rings. The van der Waals surface area contributed by atoms with Gasteiger partial charge in [-0.25, -0.2) is 4.98 Å². The van der Waals surface area contributed by atoms with E-state index in [1.54, 1.807) is 18.3 Å². The fourth-order valence-electron chi connectivity index (χ4n) is 1.86. The van der Waals surface area contributed by atoms with Crippen LogP contribution < -0.4 is 0 Å². The summed E-state index contributed by atoms with van der Waals surface area (Å²) in [6, 6.07) is 11.5. The number of benzene rings is 1. The van der Waals surface area contributed by atoms with Crippen molar-refractivity contribution in [2.24, 2.45) is 0 Å². The van der Waals surface area contributed by atoms with E-state index < -0.39 is 0 Å². The predicted octanol–water partition coefficient (Wildman–Crippen LogP) is 3.87. The van der Waals surface area contributed by atoms with Gasteiger partial charge in [-0.3, -0.25) is 4.79 Å². The van der Waals surface area contributed by atoms with Gasteiger partial charge >= 0.3 is 0 Å². The summed E-state index contributed by atoms with van der Waals surface area (Å²) in [5.41, 5.74) is 2.03. The minimum atomic E-state index is 0.0355. The number of carbonyl (C=O) groups is 1. The number of hydrogen-bond donors (Lipinski definition) is 0. The first-order chi connectivity index (χ1) is 10.1. The molecule has 0 N–H and O–H groups in total. The fourth-order valence-corrected chi connectivity index (χ4v) is 2.42. The Kier molecular flexibility index (Phi) is 6.36. The van der Waals surface area contributed by atoms with Gasteiger partial charge in [-0.2, -0.15) is 0 Å². The van der Waals surface area contributed by atoms with Gasteiger partial charge in [-0.15, -0.1) is 0 Å². The molecule has 0 spiro atoms. The van der Waals surface area contributed by atoms with Gasteiger partial charge < -0.3 is 4.74 Å². The van der Waals surface area contributed by atoms with Crippen molar-refractivity contribution in [1.29, 1.82) is 0 Å². The Morgan fingerprint density at radius 3 is 2.81 bits per heavy atom. The molecule has 0 aliphatic heterocycles. The molecule has 0 amide bonds. The summed E-state index contributed by atoms with van der Waals surface area (Å²) in [6.45, 7) is 0.650. The van der Waals surface area contributed by atoms with Crippen LogP contribution in [0, 0.1) is 0 Å². The molecule has 5 heteroatoms. The van der Waals surface area contributed by atoms with Crippen LogP contribution in [0.1, 0.15) is 11.1 Å². The molecular formula is C16H15BrClNO2. The lowest BCUT2D eigenvalue weighted by atomic mass is 10.1. The highest BCUT2D eigenvalue weighted by Crippen LogP contribution is 2.12. The number of halogens is 2. The van der Waals surface area contributed by atoms with Gasteiger partial charge in [0.25, 0.3) is 0 Å². The Morgan fingerprint density at radius 1 is 1.24 bits per heavy atom. The first kappa shape index (κ1) is 16.1. The highest BCUT2D eigenvalue weighted by molar-refractivity contribution is 9.10. The van der Waals surface area contributed by atoms with E-state index in [1.807, 2.05) is 24.3 Å². The number of ether oxygens (including phenoxy) is 1. The first-order valence-electron chi connectivity index (χ1n) is 6.58. The fraction of sp³-hybridized carbons (Fsp3) is 0.250. The Hall–Kier alpha value is -1.23. The molecule has 3 nitrogen and oxygen atoms in total. The summed E-state index contributed by atoms with van der Waals surface area (Å²) in [5, 5.41) is 0.427. The Bertz CT molecular complexity index is 601. The summed E-state index contributed by atoms with van der Waals surface area (Å²) >= 11 is 9.12. The quantitative estimate of drug-likeness (QED) is 0.550. The Morgan fingerprint density at radius 2 is 2.10 bits per heavy atom. The van der Waals surface area contributed by atoms with Crippen molar-refractivity contribution in [3.63, 3.8) is 0 Å². The smallest absolute Gasteiger partial charge is 0.162 e. The standard InChI is InChI=1S/C16H15BrClNO2/c17-14-3-1-2-12(8-14)6-7-21-11-15(20)9-13-4-5-16(18)19-10-13/h1-5,8,10H,6-7,9,11H2. The summed E-state index contributed by atoms with van der Waals surface area (Å²) in [4.78, 5) is 15.7. The van der Waals surface area contributed by atoms with E-state index in [1.165, 1.54) is 5.56 Å². The molecule has 1 heterocycles. The summed E-state index contributed by atoms with van der Waals surface area (Å²) in [5.74, 6) is 0.0355. The number of aromatic nitrogens is 1. The maximum Gasteiger partial charge on any atom is 0.162 e. The van der Waals surface area contributed by atoms with Gasteiger partial charge in [0.15, 0.2) is 5.78 Å². The number of carbonyl (C=O) groups excluding carboxylic acids is 1. The number of Topliss-reactive ketones (excluding diaryl/α,β-unsaturated/α-hetero) is 1. The van der Waals surface area contributed by atoms with Crippen molar-refractivity contribution in [2.45, 2.75) is 12.8 Å². The highest BCUT2D eigenvalue weighted by atomic mass is 79.9. The van der Waals surface area contributed by atoms with Crippen molar-refractivity contribution < 1.29 is 9.53 Å². The van der Waals surface area contributed by atoms with Gasteiger partial charge in [0, 0.05) is 17.1 Å². The van der Waals surface area contributed by atoms with Crippen molar-refractivity contribution in [3.8, 4) is 0 Å². The van der Waals surface area contributed by atoms with Gasteiger partial charge in [0.2, 0.25) is 0 Å². The van der Waals surface area contributed by atoms with Crippen molar-refractivity contribution in [3.05, 3.63) is 63.3 Å². The molecule has 0 atom stereocenters. The van der Waals surface area contributed by atoms with E-state index in [0.29, 0.717) is 18.2 Å². The van der Waals surface area contributed by atoms with E-state index in [2.05, 4.69) is 20.9 Å². The molecular weight excluding hydrogens is 354 g/mol. The summed E-state index contributed by atoms with van der Waals surface area (Å²) in [7, 11) is 0. The molecule has 21 heavy (non-hydrogen) atoms. The van der Waals surface area contributed by atoms with Crippen molar-refractivity contribution in [2.75, 3.05) is 13.2 Å². The van der Waals surface area contributed by atoms with Crippen molar-refractivity contribution >= 4 is 33.3 Å². The molecule has 0 unspecified atom stereocenters. The normalized spacial score (nSPS) is 10.6. The minimum absolute atomic E-state index is 0.0355. The summed E-state index contributed by atoms with van der Waals surface area (Å²) < 4.78 is 6.47. The molecule has 0 saturated carbocycles. The lowest BCUT2D eigenvalue weighted by molar-refractivity contribution is -0.122. The van der Waals surface area contributed by atoms with Crippen LogP contribution in [0.2, 0.25) is 5.15 Å². The molecule has 2 rings (SSSR count). The molecule has 1 aromatic carbocycles. The van der Waals surface area contributed by atoms with Crippen molar-refractivity contribution in [1.82, 2.24) is 4.98 Å². The summed E-state index contributed by atoms with van der Waals surface area (Å²) in [6.07, 6.45) is 2.72. The zero-order valence-electron chi connectivity index (χ0n) is 11.4. The van der Waals surface area contributed by atoms with Crippen LogP contribution in [0.5, 0.6) is 0 Å². The monoisotopic (exact) mass is 367 g/mol. The average Bonchev–Trinajstić information content (AvgIpc) is 2.46. The number of ketones is 1. The number of rotatable bonds is 7. The molecule has 1 aromatic heterocycles. The molecule has 0 saturated heterocycles. The third kappa shape index (κ3) is 5.96. The van der Waals surface area contributed by atoms with Gasteiger partial charge in [0.1, 0.15) is 11.8 Å². The predicted molar refractivity (Wildman–Crippen MR) is 86.6 cm³/mol. The van der Waals surface area contributed by atoms with Crippen LogP contribution >= 0.6 is 27.5 Å². The second-order valence-corrected chi connectivity index (χ2v) is 5.94. The first-order valence-corrected chi connectivity index (χ1v) is 7.75. The molecule has 0 fully saturated rings. The maximum absolute atomic E-state index is 11.8. The highest BCUT2D eigenvalue weighted by Gasteiger charge is 2.05. The lowest BCUT2D eigenvalue weighted by Gasteiger charge is -2.05. The van der Waals surface area contributed by atoms with E-state index in [9.17, 15) is 4.79 Å². The van der Waals surface area contributed by atoms with Crippen LogP contribution in [-0.4, -0.2) is 24.0 Å². The average molecular weight is 369 g/mol. The number of nitrogens with zero attached hydrogens (tertiary/aromatic N) is 1.